The lowest BCUT2D eigenvalue weighted by atomic mass is 9.99. The van der Waals surface area contributed by atoms with Gasteiger partial charge in [0.2, 0.25) is 0 Å². The van der Waals surface area contributed by atoms with E-state index in [2.05, 4.69) is 5.10 Å². The SMILES string of the molecule is Cc1nn(C)c(C)c1[C@H](C)C(=O)OCC(=O)N1CCCCCCC1. The molecule has 0 aliphatic carbocycles. The number of aryl methyl sites for hydroxylation is 2. The molecule has 1 fully saturated rings. The number of likely N-dealkylation sites (tertiary alicyclic amines) is 1. The van der Waals surface area contributed by atoms with Crippen molar-refractivity contribution in [2.45, 2.75) is 58.8 Å². The highest BCUT2D eigenvalue weighted by Gasteiger charge is 2.25. The number of esters is 1. The van der Waals surface area contributed by atoms with Crippen molar-refractivity contribution in [3.63, 3.8) is 0 Å². The van der Waals surface area contributed by atoms with Crippen molar-refractivity contribution in [1.29, 1.82) is 0 Å². The molecule has 0 unspecified atom stereocenters. The van der Waals surface area contributed by atoms with Crippen LogP contribution in [0.25, 0.3) is 0 Å². The maximum absolute atomic E-state index is 12.3. The Morgan fingerprint density at radius 2 is 1.71 bits per heavy atom. The highest BCUT2D eigenvalue weighted by Crippen LogP contribution is 2.24. The normalized spacial score (nSPS) is 17.1. The number of carbonyl (C=O) groups is 2. The molecular weight excluding hydrogens is 306 g/mol. The second-order valence-corrected chi connectivity index (χ2v) is 6.69. The van der Waals surface area contributed by atoms with Crippen LogP contribution in [0.1, 0.15) is 61.9 Å². The molecule has 0 aromatic carbocycles. The molecule has 1 aromatic rings. The summed E-state index contributed by atoms with van der Waals surface area (Å²) in [4.78, 5) is 26.5. The summed E-state index contributed by atoms with van der Waals surface area (Å²) in [6.45, 7) is 7.00. The summed E-state index contributed by atoms with van der Waals surface area (Å²) in [5.41, 5.74) is 2.67. The van der Waals surface area contributed by atoms with E-state index in [1.807, 2.05) is 25.8 Å². The molecule has 1 aromatic heterocycles. The Bertz CT molecular complexity index is 587. The van der Waals surface area contributed by atoms with Gasteiger partial charge < -0.3 is 9.64 Å². The minimum atomic E-state index is -0.418. The van der Waals surface area contributed by atoms with Gasteiger partial charge in [0.05, 0.1) is 11.6 Å². The minimum absolute atomic E-state index is 0.0860. The molecule has 0 bridgehead atoms. The number of aromatic nitrogens is 2. The Morgan fingerprint density at radius 3 is 2.25 bits per heavy atom. The number of hydrogen-bond donors (Lipinski definition) is 0. The second kappa shape index (κ2) is 8.31. The molecule has 1 atom stereocenters. The van der Waals surface area contributed by atoms with Crippen LogP contribution in [-0.2, 0) is 21.4 Å². The first-order valence-electron chi connectivity index (χ1n) is 8.86. The van der Waals surface area contributed by atoms with Gasteiger partial charge in [-0.05, 0) is 33.6 Å². The largest absolute Gasteiger partial charge is 0.455 e. The van der Waals surface area contributed by atoms with Crippen LogP contribution in [0.15, 0.2) is 0 Å². The van der Waals surface area contributed by atoms with Crippen LogP contribution in [0.3, 0.4) is 0 Å². The van der Waals surface area contributed by atoms with E-state index in [1.165, 1.54) is 19.3 Å². The molecule has 1 aliphatic heterocycles. The number of hydrogen-bond acceptors (Lipinski definition) is 4. The lowest BCUT2D eigenvalue weighted by molar-refractivity contribution is -0.153. The van der Waals surface area contributed by atoms with E-state index in [4.69, 9.17) is 4.74 Å². The van der Waals surface area contributed by atoms with E-state index in [0.717, 1.165) is 42.9 Å². The Labute approximate surface area is 144 Å². The van der Waals surface area contributed by atoms with Gasteiger partial charge in [0.15, 0.2) is 6.61 Å². The summed E-state index contributed by atoms with van der Waals surface area (Å²) >= 11 is 0. The zero-order valence-electron chi connectivity index (χ0n) is 15.3. The third kappa shape index (κ3) is 4.36. The third-order valence-electron chi connectivity index (χ3n) is 4.90. The highest BCUT2D eigenvalue weighted by molar-refractivity contribution is 5.83. The van der Waals surface area contributed by atoms with E-state index in [0.29, 0.717) is 0 Å². The molecule has 0 saturated carbocycles. The average Bonchev–Trinajstić information content (AvgIpc) is 2.76. The minimum Gasteiger partial charge on any atom is -0.455 e. The number of carbonyl (C=O) groups excluding carboxylic acids is 2. The van der Waals surface area contributed by atoms with Gasteiger partial charge in [0.1, 0.15) is 0 Å². The van der Waals surface area contributed by atoms with Gasteiger partial charge in [-0.15, -0.1) is 0 Å². The van der Waals surface area contributed by atoms with Gasteiger partial charge in [-0.3, -0.25) is 14.3 Å². The summed E-state index contributed by atoms with van der Waals surface area (Å²) in [5.74, 6) is -0.870. The fourth-order valence-corrected chi connectivity index (χ4v) is 3.38. The smallest absolute Gasteiger partial charge is 0.313 e. The molecule has 2 rings (SSSR count). The zero-order chi connectivity index (χ0) is 17.7. The predicted octanol–water partition coefficient (Wildman–Crippen LogP) is 2.48. The Morgan fingerprint density at radius 1 is 1.12 bits per heavy atom. The Balaban J connectivity index is 1.90. The number of rotatable bonds is 4. The number of amides is 1. The fourth-order valence-electron chi connectivity index (χ4n) is 3.38. The Kier molecular flexibility index (Phi) is 6.40. The summed E-state index contributed by atoms with van der Waals surface area (Å²) in [6.07, 6.45) is 5.65. The maximum Gasteiger partial charge on any atom is 0.313 e. The second-order valence-electron chi connectivity index (χ2n) is 6.69. The fraction of sp³-hybridized carbons (Fsp3) is 0.722. The van der Waals surface area contributed by atoms with Gasteiger partial charge >= 0.3 is 5.97 Å². The van der Waals surface area contributed by atoms with Crippen LogP contribution >= 0.6 is 0 Å². The van der Waals surface area contributed by atoms with Gasteiger partial charge in [-0.2, -0.15) is 5.10 Å². The molecule has 6 nitrogen and oxygen atoms in total. The molecule has 134 valence electrons. The van der Waals surface area contributed by atoms with Gasteiger partial charge in [0.25, 0.3) is 5.91 Å². The summed E-state index contributed by atoms with van der Waals surface area (Å²) in [7, 11) is 1.86. The Hall–Kier alpha value is -1.85. The summed E-state index contributed by atoms with van der Waals surface area (Å²) < 4.78 is 7.06. The van der Waals surface area contributed by atoms with E-state index < -0.39 is 5.92 Å². The van der Waals surface area contributed by atoms with Crippen molar-refractivity contribution < 1.29 is 14.3 Å². The quantitative estimate of drug-likeness (QED) is 0.793. The maximum atomic E-state index is 12.3. The van der Waals surface area contributed by atoms with E-state index in [9.17, 15) is 9.59 Å². The van der Waals surface area contributed by atoms with Crippen molar-refractivity contribution in [3.8, 4) is 0 Å². The van der Waals surface area contributed by atoms with Crippen LogP contribution in [0, 0.1) is 13.8 Å². The van der Waals surface area contributed by atoms with Gasteiger partial charge in [-0.25, -0.2) is 0 Å². The third-order valence-corrected chi connectivity index (χ3v) is 4.90. The van der Waals surface area contributed by atoms with Crippen molar-refractivity contribution in [2.24, 2.45) is 7.05 Å². The molecule has 24 heavy (non-hydrogen) atoms. The average molecular weight is 335 g/mol. The van der Waals surface area contributed by atoms with Gasteiger partial charge in [0, 0.05) is 31.4 Å². The molecule has 6 heteroatoms. The molecule has 0 N–H and O–H groups in total. The zero-order valence-corrected chi connectivity index (χ0v) is 15.3. The lowest BCUT2D eigenvalue weighted by Crippen LogP contribution is -2.37. The number of ether oxygens (including phenoxy) is 1. The van der Waals surface area contributed by atoms with E-state index >= 15 is 0 Å². The van der Waals surface area contributed by atoms with Gasteiger partial charge in [-0.1, -0.05) is 19.3 Å². The summed E-state index contributed by atoms with van der Waals surface area (Å²) in [5, 5.41) is 4.34. The summed E-state index contributed by atoms with van der Waals surface area (Å²) in [6, 6.07) is 0. The van der Waals surface area contributed by atoms with Crippen LogP contribution in [0.5, 0.6) is 0 Å². The van der Waals surface area contributed by atoms with Crippen LogP contribution < -0.4 is 0 Å². The van der Waals surface area contributed by atoms with Crippen molar-refractivity contribution >= 4 is 11.9 Å². The predicted molar refractivity (Wildman–Crippen MR) is 91.7 cm³/mol. The van der Waals surface area contributed by atoms with Crippen molar-refractivity contribution in [2.75, 3.05) is 19.7 Å². The molecular formula is C18H29N3O3. The first kappa shape index (κ1) is 18.5. The topological polar surface area (TPSA) is 64.4 Å². The molecule has 2 heterocycles. The van der Waals surface area contributed by atoms with Crippen LogP contribution in [0.4, 0.5) is 0 Å². The molecule has 0 spiro atoms. The molecule has 1 saturated heterocycles. The van der Waals surface area contributed by atoms with E-state index in [-0.39, 0.29) is 18.5 Å². The standard InChI is InChI=1S/C18H29N3O3/c1-13(17-14(2)19-20(4)15(17)3)18(23)24-12-16(22)21-10-8-6-5-7-9-11-21/h13H,5-12H2,1-4H3/t13-/m0/s1. The first-order valence-corrected chi connectivity index (χ1v) is 8.86. The van der Waals surface area contributed by atoms with Crippen molar-refractivity contribution in [1.82, 2.24) is 14.7 Å². The lowest BCUT2D eigenvalue weighted by Gasteiger charge is -2.24. The van der Waals surface area contributed by atoms with Crippen molar-refractivity contribution in [3.05, 3.63) is 17.0 Å². The number of nitrogens with zero attached hydrogens (tertiary/aromatic N) is 3. The highest BCUT2D eigenvalue weighted by atomic mass is 16.5. The monoisotopic (exact) mass is 335 g/mol. The van der Waals surface area contributed by atoms with Crippen LogP contribution in [0.2, 0.25) is 0 Å². The molecule has 0 radical (unpaired) electrons. The first-order chi connectivity index (χ1) is 11.4. The van der Waals surface area contributed by atoms with E-state index in [1.54, 1.807) is 11.6 Å². The molecule has 1 amide bonds. The van der Waals surface area contributed by atoms with Crippen LogP contribution in [-0.4, -0.2) is 46.3 Å². The molecule has 1 aliphatic rings.